The Balaban J connectivity index is 1.62. The summed E-state index contributed by atoms with van der Waals surface area (Å²) in [5, 5.41) is 3.47. The molecule has 222 valence electrons. The minimum atomic E-state index is -1.84. The fourth-order valence-corrected chi connectivity index (χ4v) is 9.32. The van der Waals surface area contributed by atoms with Crippen LogP contribution in [-0.2, 0) is 9.16 Å². The topological polar surface area (TPSA) is 59.9 Å². The second-order valence-corrected chi connectivity index (χ2v) is 21.4. The number of ether oxygens (including phenoxy) is 1. The number of rotatable bonds is 6. The summed E-state index contributed by atoms with van der Waals surface area (Å²) in [6.07, 6.45) is 9.20. The Labute approximate surface area is 240 Å². The number of amides is 1. The lowest BCUT2D eigenvalue weighted by Gasteiger charge is -2.57. The highest BCUT2D eigenvalue weighted by molar-refractivity contribution is 6.74. The highest BCUT2D eigenvalue weighted by Crippen LogP contribution is 2.64. The van der Waals surface area contributed by atoms with Gasteiger partial charge in [0.25, 0.3) is 0 Å². The van der Waals surface area contributed by atoms with Crippen molar-refractivity contribution in [3.8, 4) is 0 Å². The number of nitrogens with one attached hydrogen (secondary N) is 1. The predicted octanol–water partition coefficient (Wildman–Crippen LogP) is 8.41. The second-order valence-electron chi connectivity index (χ2n) is 16.5. The Kier molecular flexibility index (Phi) is 8.37. The first-order valence-corrected chi connectivity index (χ1v) is 18.6. The number of carbonyl (C=O) groups excluding carboxylic acids is 1. The van der Waals surface area contributed by atoms with Crippen LogP contribution >= 0.6 is 0 Å². The van der Waals surface area contributed by atoms with Crippen molar-refractivity contribution in [1.82, 2.24) is 5.32 Å². The molecule has 0 saturated heterocycles. The van der Waals surface area contributed by atoms with Crippen molar-refractivity contribution in [3.05, 3.63) is 11.1 Å². The fraction of sp³-hybridized carbons (Fsp3) is 0.879. The first kappa shape index (κ1) is 30.8. The molecule has 1 heterocycles. The summed E-state index contributed by atoms with van der Waals surface area (Å²) in [6.45, 7) is 27.6. The number of hydrogen-bond acceptors (Lipinski definition) is 4. The summed E-state index contributed by atoms with van der Waals surface area (Å²) in [5.41, 5.74) is 2.96. The van der Waals surface area contributed by atoms with Crippen molar-refractivity contribution in [2.45, 2.75) is 125 Å². The van der Waals surface area contributed by atoms with E-state index < -0.39 is 13.9 Å². The van der Waals surface area contributed by atoms with Gasteiger partial charge in [-0.05, 0) is 123 Å². The molecule has 2 saturated carbocycles. The number of fused-ring (bicyclic) bond motifs is 2. The summed E-state index contributed by atoms with van der Waals surface area (Å²) in [4.78, 5) is 17.5. The Morgan fingerprint density at radius 1 is 1.10 bits per heavy atom. The summed E-state index contributed by atoms with van der Waals surface area (Å²) >= 11 is 0. The number of carbonyl (C=O) groups is 1. The zero-order valence-corrected chi connectivity index (χ0v) is 28.0. The van der Waals surface area contributed by atoms with E-state index in [-0.39, 0.29) is 22.0 Å². The van der Waals surface area contributed by atoms with Crippen molar-refractivity contribution in [2.24, 2.45) is 45.4 Å². The number of nitrogens with zero attached hydrogens (tertiary/aromatic N) is 1. The minimum Gasteiger partial charge on any atom is -0.444 e. The third-order valence-electron chi connectivity index (χ3n) is 11.8. The van der Waals surface area contributed by atoms with Crippen molar-refractivity contribution in [3.63, 3.8) is 0 Å². The van der Waals surface area contributed by atoms with E-state index in [0.29, 0.717) is 30.2 Å². The van der Waals surface area contributed by atoms with Crippen LogP contribution in [0.25, 0.3) is 0 Å². The molecule has 6 heteroatoms. The molecular weight excluding hydrogens is 500 g/mol. The molecule has 0 aromatic carbocycles. The molecule has 3 aliphatic carbocycles. The molecule has 0 spiro atoms. The van der Waals surface area contributed by atoms with E-state index in [0.717, 1.165) is 25.5 Å². The van der Waals surface area contributed by atoms with E-state index in [4.69, 9.17) is 9.16 Å². The molecular formula is C33H58N2O3Si. The molecule has 1 N–H and O–H groups in total. The summed E-state index contributed by atoms with van der Waals surface area (Å²) in [6, 6.07) is 0. The van der Waals surface area contributed by atoms with Gasteiger partial charge in [0.1, 0.15) is 5.60 Å². The third kappa shape index (κ3) is 6.07. The van der Waals surface area contributed by atoms with Crippen molar-refractivity contribution < 1.29 is 14.0 Å². The molecule has 0 bridgehead atoms. The number of aliphatic imine (C=N–C) groups is 1. The summed E-state index contributed by atoms with van der Waals surface area (Å²) in [7, 11) is -1.84. The average molecular weight is 559 g/mol. The van der Waals surface area contributed by atoms with E-state index in [2.05, 4.69) is 71.2 Å². The molecule has 1 amide bonds. The van der Waals surface area contributed by atoms with Crippen molar-refractivity contribution in [1.29, 1.82) is 0 Å². The first-order valence-electron chi connectivity index (χ1n) is 15.7. The Hall–Kier alpha value is -1.14. The van der Waals surface area contributed by atoms with Crippen LogP contribution in [0.15, 0.2) is 16.1 Å². The monoisotopic (exact) mass is 558 g/mol. The van der Waals surface area contributed by atoms with Crippen LogP contribution in [0.4, 0.5) is 4.79 Å². The van der Waals surface area contributed by atoms with Crippen molar-refractivity contribution >= 4 is 20.6 Å². The van der Waals surface area contributed by atoms with Gasteiger partial charge in [0.05, 0.1) is 6.54 Å². The maximum absolute atomic E-state index is 12.9. The molecule has 4 rings (SSSR count). The van der Waals surface area contributed by atoms with Crippen LogP contribution in [0.3, 0.4) is 0 Å². The number of hydrogen-bond donors (Lipinski definition) is 1. The van der Waals surface area contributed by atoms with Crippen molar-refractivity contribution in [2.75, 3.05) is 19.7 Å². The molecule has 2 fully saturated rings. The molecule has 7 atom stereocenters. The smallest absolute Gasteiger partial charge is 0.407 e. The SMILES string of the molecule is C[C@H]1CC[C@](C)([C@H]2CC[C@]3(C)C4=C(C=NC4)C[C@H]3[C@@H]2CNC(=O)OC(C)(C)C)[C@@H](CO[Si](C)(C)C(C)(C)C)C1. The number of allylic oxidation sites excluding steroid dienone is 1. The van der Waals surface area contributed by atoms with Gasteiger partial charge in [0.2, 0.25) is 0 Å². The third-order valence-corrected chi connectivity index (χ3v) is 16.3. The molecule has 39 heavy (non-hydrogen) atoms. The molecule has 0 radical (unpaired) electrons. The Morgan fingerprint density at radius 3 is 2.44 bits per heavy atom. The fourth-order valence-electron chi connectivity index (χ4n) is 8.27. The van der Waals surface area contributed by atoms with Crippen LogP contribution in [0.5, 0.6) is 0 Å². The lowest BCUT2D eigenvalue weighted by atomic mass is 9.48. The van der Waals surface area contributed by atoms with Gasteiger partial charge in [-0.1, -0.05) is 48.0 Å². The van der Waals surface area contributed by atoms with E-state index in [1.54, 1.807) is 5.57 Å². The molecule has 0 aromatic rings. The first-order chi connectivity index (χ1) is 17.9. The van der Waals surface area contributed by atoms with Crippen LogP contribution in [0, 0.1) is 40.4 Å². The molecule has 0 unspecified atom stereocenters. The highest BCUT2D eigenvalue weighted by Gasteiger charge is 2.58. The van der Waals surface area contributed by atoms with E-state index in [1.165, 1.54) is 37.7 Å². The van der Waals surface area contributed by atoms with Gasteiger partial charge in [0.15, 0.2) is 8.32 Å². The average Bonchev–Trinajstić information content (AvgIpc) is 3.37. The van der Waals surface area contributed by atoms with E-state index >= 15 is 0 Å². The predicted molar refractivity (Wildman–Crippen MR) is 165 cm³/mol. The van der Waals surface area contributed by atoms with Gasteiger partial charge >= 0.3 is 6.09 Å². The lowest BCUT2D eigenvalue weighted by molar-refractivity contribution is -0.0792. The van der Waals surface area contributed by atoms with Gasteiger partial charge < -0.3 is 14.5 Å². The molecule has 1 aliphatic heterocycles. The maximum atomic E-state index is 12.9. The standard InChI is InChI=1S/C33H58N2O3Si/c1-22-12-14-32(8,24(16-22)21-37-39(10,11)31(5,6)7)26-13-15-33(9)27(17-23-18-34-20-28(23)33)25(26)19-35-29(36)38-30(2,3)4/h18,22,24-27H,12-17,19-21H2,1-11H3,(H,35,36)/t22-,24+,25+,26-,27-,32-,33-/m0/s1. The minimum absolute atomic E-state index is 0.189. The van der Waals surface area contributed by atoms with Gasteiger partial charge in [-0.25, -0.2) is 4.79 Å². The zero-order chi connectivity index (χ0) is 29.0. The van der Waals surface area contributed by atoms with Crippen LogP contribution in [-0.4, -0.2) is 45.9 Å². The van der Waals surface area contributed by atoms with E-state index in [1.807, 2.05) is 20.8 Å². The second kappa shape index (κ2) is 10.6. The van der Waals surface area contributed by atoms with E-state index in [9.17, 15) is 4.79 Å². The highest BCUT2D eigenvalue weighted by atomic mass is 28.4. The summed E-state index contributed by atoms with van der Waals surface area (Å²) in [5.74, 6) is 2.82. The molecule has 5 nitrogen and oxygen atoms in total. The Morgan fingerprint density at radius 2 is 1.79 bits per heavy atom. The largest absolute Gasteiger partial charge is 0.444 e. The van der Waals surface area contributed by atoms with Crippen LogP contribution < -0.4 is 5.32 Å². The quantitative estimate of drug-likeness (QED) is 0.333. The van der Waals surface area contributed by atoms with Gasteiger partial charge in [0, 0.05) is 19.4 Å². The summed E-state index contributed by atoms with van der Waals surface area (Å²) < 4.78 is 12.6. The lowest BCUT2D eigenvalue weighted by Crippen LogP contribution is -2.54. The zero-order valence-electron chi connectivity index (χ0n) is 27.0. The number of alkyl carbamates (subject to hydrolysis) is 1. The van der Waals surface area contributed by atoms with Gasteiger partial charge in [-0.15, -0.1) is 0 Å². The molecule has 4 aliphatic rings. The molecule has 0 aromatic heterocycles. The van der Waals surface area contributed by atoms with Gasteiger partial charge in [-0.3, -0.25) is 4.99 Å². The van der Waals surface area contributed by atoms with Crippen LogP contribution in [0.1, 0.15) is 101 Å². The van der Waals surface area contributed by atoms with Crippen LogP contribution in [0.2, 0.25) is 18.1 Å². The Bertz CT molecular complexity index is 990. The normalized spacial score (nSPS) is 37.1. The maximum Gasteiger partial charge on any atom is 0.407 e. The van der Waals surface area contributed by atoms with Gasteiger partial charge in [-0.2, -0.15) is 0 Å².